The molecule has 96 valence electrons. The van der Waals surface area contributed by atoms with Crippen LogP contribution in [0.4, 0.5) is 0 Å². The van der Waals surface area contributed by atoms with E-state index >= 15 is 0 Å². The molecule has 1 N–H and O–H groups in total. The summed E-state index contributed by atoms with van der Waals surface area (Å²) in [6.07, 6.45) is 0. The molecule has 4 nitrogen and oxygen atoms in total. The van der Waals surface area contributed by atoms with Crippen molar-refractivity contribution in [3.8, 4) is 5.75 Å². The standard InChI is InChI=1S/C15H12O4/c1-9(2)15(18)19-13-5-3-4-10-6-7-11(14(16)17)8-12(10)13/h3-8H,1H2,2H3,(H,16,17). The van der Waals surface area contributed by atoms with Crippen molar-refractivity contribution < 1.29 is 19.4 Å². The third-order valence-corrected chi connectivity index (χ3v) is 2.64. The number of carbonyl (C=O) groups is 2. The first-order chi connectivity index (χ1) is 8.99. The van der Waals surface area contributed by atoms with Crippen molar-refractivity contribution >= 4 is 22.7 Å². The number of carboxylic acids is 1. The van der Waals surface area contributed by atoms with Crippen LogP contribution in [0.25, 0.3) is 10.8 Å². The van der Waals surface area contributed by atoms with Gasteiger partial charge >= 0.3 is 11.9 Å². The van der Waals surface area contributed by atoms with E-state index in [1.165, 1.54) is 12.1 Å². The summed E-state index contributed by atoms with van der Waals surface area (Å²) in [5.41, 5.74) is 0.428. The number of aromatic carboxylic acids is 1. The average Bonchev–Trinajstić information content (AvgIpc) is 2.38. The van der Waals surface area contributed by atoms with Gasteiger partial charge in [-0.1, -0.05) is 24.8 Å². The fourth-order valence-corrected chi connectivity index (χ4v) is 1.65. The largest absolute Gasteiger partial charge is 0.478 e. The van der Waals surface area contributed by atoms with Gasteiger partial charge in [0.15, 0.2) is 0 Å². The normalized spacial score (nSPS) is 10.2. The van der Waals surface area contributed by atoms with Crippen molar-refractivity contribution in [3.05, 3.63) is 54.1 Å². The van der Waals surface area contributed by atoms with Gasteiger partial charge in [-0.2, -0.15) is 0 Å². The van der Waals surface area contributed by atoms with Crippen molar-refractivity contribution in [2.45, 2.75) is 6.92 Å². The Balaban J connectivity index is 2.54. The lowest BCUT2D eigenvalue weighted by atomic mass is 10.1. The Labute approximate surface area is 109 Å². The molecule has 0 fully saturated rings. The van der Waals surface area contributed by atoms with Gasteiger partial charge in [-0.25, -0.2) is 9.59 Å². The van der Waals surface area contributed by atoms with Gasteiger partial charge < -0.3 is 9.84 Å². The van der Waals surface area contributed by atoms with E-state index in [0.29, 0.717) is 11.1 Å². The third-order valence-electron chi connectivity index (χ3n) is 2.64. The molecule has 0 aliphatic heterocycles. The van der Waals surface area contributed by atoms with E-state index in [-0.39, 0.29) is 11.1 Å². The molecule has 0 unspecified atom stereocenters. The number of esters is 1. The Morgan fingerprint density at radius 3 is 2.58 bits per heavy atom. The molecule has 0 bridgehead atoms. The Kier molecular flexibility index (Phi) is 3.33. The van der Waals surface area contributed by atoms with Gasteiger partial charge in [-0.05, 0) is 30.5 Å². The molecule has 2 rings (SSSR count). The minimum atomic E-state index is -1.03. The SMILES string of the molecule is C=C(C)C(=O)Oc1cccc2ccc(C(=O)O)cc12. The fourth-order valence-electron chi connectivity index (χ4n) is 1.65. The van der Waals surface area contributed by atoms with Crippen LogP contribution < -0.4 is 4.74 Å². The second-order valence-electron chi connectivity index (χ2n) is 4.17. The van der Waals surface area contributed by atoms with E-state index in [0.717, 1.165) is 5.39 Å². The molecule has 2 aromatic carbocycles. The number of carbonyl (C=O) groups excluding carboxylic acids is 1. The zero-order valence-electron chi connectivity index (χ0n) is 10.3. The molecule has 0 heterocycles. The minimum absolute atomic E-state index is 0.145. The topological polar surface area (TPSA) is 63.6 Å². The number of fused-ring (bicyclic) bond motifs is 1. The molecule has 0 aliphatic rings. The lowest BCUT2D eigenvalue weighted by Gasteiger charge is -2.08. The Morgan fingerprint density at radius 1 is 1.21 bits per heavy atom. The van der Waals surface area contributed by atoms with Gasteiger partial charge in [0, 0.05) is 11.0 Å². The molecule has 0 spiro atoms. The van der Waals surface area contributed by atoms with Crippen LogP contribution in [0.1, 0.15) is 17.3 Å². The lowest BCUT2D eigenvalue weighted by Crippen LogP contribution is -2.08. The zero-order chi connectivity index (χ0) is 14.0. The Morgan fingerprint density at radius 2 is 1.95 bits per heavy atom. The van der Waals surface area contributed by atoms with Gasteiger partial charge in [-0.3, -0.25) is 0 Å². The van der Waals surface area contributed by atoms with Crippen molar-refractivity contribution in [1.82, 2.24) is 0 Å². The van der Waals surface area contributed by atoms with Gasteiger partial charge in [0.05, 0.1) is 5.56 Å². The second kappa shape index (κ2) is 4.94. The van der Waals surface area contributed by atoms with Crippen LogP contribution in [0.2, 0.25) is 0 Å². The predicted octanol–water partition coefficient (Wildman–Crippen LogP) is 3.02. The van der Waals surface area contributed by atoms with Crippen LogP contribution in [0.3, 0.4) is 0 Å². The summed E-state index contributed by atoms with van der Waals surface area (Å²) in [6.45, 7) is 5.06. The van der Waals surface area contributed by atoms with Crippen LogP contribution in [-0.2, 0) is 4.79 Å². The number of ether oxygens (including phenoxy) is 1. The molecule has 0 saturated carbocycles. The van der Waals surface area contributed by atoms with Crippen molar-refractivity contribution in [2.24, 2.45) is 0 Å². The van der Waals surface area contributed by atoms with Crippen LogP contribution in [0, 0.1) is 0 Å². The number of benzene rings is 2. The van der Waals surface area contributed by atoms with Gasteiger partial charge in [0.2, 0.25) is 0 Å². The highest BCUT2D eigenvalue weighted by molar-refractivity contribution is 5.98. The van der Waals surface area contributed by atoms with E-state index < -0.39 is 11.9 Å². The Hall–Kier alpha value is -2.62. The monoisotopic (exact) mass is 256 g/mol. The highest BCUT2D eigenvalue weighted by atomic mass is 16.5. The first-order valence-corrected chi connectivity index (χ1v) is 5.63. The van der Waals surface area contributed by atoms with E-state index in [1.54, 1.807) is 25.1 Å². The van der Waals surface area contributed by atoms with E-state index in [4.69, 9.17) is 9.84 Å². The maximum Gasteiger partial charge on any atom is 0.338 e. The summed E-state index contributed by atoms with van der Waals surface area (Å²) in [6, 6.07) is 9.85. The quantitative estimate of drug-likeness (QED) is 0.521. The molecule has 4 heteroatoms. The maximum absolute atomic E-state index is 11.5. The summed E-state index contributed by atoms with van der Waals surface area (Å²) in [5, 5.41) is 10.4. The van der Waals surface area contributed by atoms with Gasteiger partial charge in [0.25, 0.3) is 0 Å². The highest BCUT2D eigenvalue weighted by Gasteiger charge is 2.11. The summed E-state index contributed by atoms with van der Waals surface area (Å²) < 4.78 is 5.19. The van der Waals surface area contributed by atoms with Crippen molar-refractivity contribution in [3.63, 3.8) is 0 Å². The highest BCUT2D eigenvalue weighted by Crippen LogP contribution is 2.27. The first kappa shape index (κ1) is 12.8. The first-order valence-electron chi connectivity index (χ1n) is 5.63. The minimum Gasteiger partial charge on any atom is -0.478 e. The summed E-state index contributed by atoms with van der Waals surface area (Å²) in [4.78, 5) is 22.5. The van der Waals surface area contributed by atoms with Gasteiger partial charge in [-0.15, -0.1) is 0 Å². The van der Waals surface area contributed by atoms with Crippen molar-refractivity contribution in [2.75, 3.05) is 0 Å². The number of hydrogen-bond donors (Lipinski definition) is 1. The smallest absolute Gasteiger partial charge is 0.338 e. The molecule has 0 atom stereocenters. The molecule has 2 aromatic rings. The zero-order valence-corrected chi connectivity index (χ0v) is 10.3. The molecule has 0 aromatic heterocycles. The van der Waals surface area contributed by atoms with Crippen LogP contribution in [0.15, 0.2) is 48.6 Å². The number of carboxylic acid groups (broad SMARTS) is 1. The molecule has 0 radical (unpaired) electrons. The van der Waals surface area contributed by atoms with E-state index in [2.05, 4.69) is 6.58 Å². The molecular weight excluding hydrogens is 244 g/mol. The third kappa shape index (κ3) is 2.63. The van der Waals surface area contributed by atoms with Crippen LogP contribution in [0.5, 0.6) is 5.75 Å². The molecule has 0 saturated heterocycles. The van der Waals surface area contributed by atoms with Crippen LogP contribution >= 0.6 is 0 Å². The summed E-state index contributed by atoms with van der Waals surface area (Å²) in [7, 11) is 0. The van der Waals surface area contributed by atoms with E-state index in [9.17, 15) is 9.59 Å². The predicted molar refractivity (Wildman–Crippen MR) is 71.4 cm³/mol. The molecule has 0 amide bonds. The maximum atomic E-state index is 11.5. The Bertz CT molecular complexity index is 686. The fraction of sp³-hybridized carbons (Fsp3) is 0.0667. The summed E-state index contributed by atoms with van der Waals surface area (Å²) in [5.74, 6) is -1.23. The van der Waals surface area contributed by atoms with Crippen molar-refractivity contribution in [1.29, 1.82) is 0 Å². The number of rotatable bonds is 3. The van der Waals surface area contributed by atoms with Crippen LogP contribution in [-0.4, -0.2) is 17.0 Å². The molecule has 19 heavy (non-hydrogen) atoms. The lowest BCUT2D eigenvalue weighted by molar-refractivity contribution is -0.129. The summed E-state index contributed by atoms with van der Waals surface area (Å²) >= 11 is 0. The van der Waals surface area contributed by atoms with E-state index in [1.807, 2.05) is 6.07 Å². The number of hydrogen-bond acceptors (Lipinski definition) is 3. The van der Waals surface area contributed by atoms with Gasteiger partial charge in [0.1, 0.15) is 5.75 Å². The average molecular weight is 256 g/mol. The molecular formula is C15H12O4. The molecule has 0 aliphatic carbocycles. The second-order valence-corrected chi connectivity index (χ2v) is 4.17.